The van der Waals surface area contributed by atoms with Crippen molar-refractivity contribution in [2.24, 2.45) is 17.1 Å². The second-order valence-electron chi connectivity index (χ2n) is 3.93. The lowest BCUT2D eigenvalue weighted by Gasteiger charge is -2.23. The minimum Gasteiger partial charge on any atom is -0.369 e. The van der Waals surface area contributed by atoms with E-state index < -0.39 is 0 Å². The molecule has 64 valence electrons. The highest BCUT2D eigenvalue weighted by molar-refractivity contribution is 5.80. The number of amides is 1. The molecule has 2 nitrogen and oxygen atoms in total. The van der Waals surface area contributed by atoms with Gasteiger partial charge in [0.15, 0.2) is 0 Å². The van der Waals surface area contributed by atoms with Crippen LogP contribution in [0.3, 0.4) is 0 Å². The number of carbonyl (C=O) groups is 1. The van der Waals surface area contributed by atoms with Gasteiger partial charge in [-0.05, 0) is 18.8 Å². The van der Waals surface area contributed by atoms with Crippen LogP contribution in [-0.4, -0.2) is 5.91 Å². The molecular weight excluding hydrogens is 138 g/mol. The number of rotatable bonds is 4. The fourth-order valence-corrected chi connectivity index (χ4v) is 1.38. The normalized spacial score (nSPS) is 22.7. The molecule has 0 saturated heterocycles. The fourth-order valence-electron chi connectivity index (χ4n) is 1.38. The van der Waals surface area contributed by atoms with E-state index in [9.17, 15) is 4.79 Å². The van der Waals surface area contributed by atoms with Gasteiger partial charge in [0, 0.05) is 5.41 Å². The summed E-state index contributed by atoms with van der Waals surface area (Å²) >= 11 is 0. The Kier molecular flexibility index (Phi) is 2.21. The third-order valence-corrected chi connectivity index (χ3v) is 2.81. The molecule has 0 bridgehead atoms. The number of hydrogen-bond donors (Lipinski definition) is 1. The van der Waals surface area contributed by atoms with Gasteiger partial charge in [-0.1, -0.05) is 26.7 Å². The Morgan fingerprint density at radius 3 is 2.45 bits per heavy atom. The van der Waals surface area contributed by atoms with Crippen LogP contribution in [-0.2, 0) is 4.79 Å². The van der Waals surface area contributed by atoms with Crippen LogP contribution in [0.15, 0.2) is 0 Å². The molecular formula is C9H17NO. The lowest BCUT2D eigenvalue weighted by Crippen LogP contribution is -2.34. The summed E-state index contributed by atoms with van der Waals surface area (Å²) in [4.78, 5) is 11.0. The third-order valence-electron chi connectivity index (χ3n) is 2.81. The largest absolute Gasteiger partial charge is 0.369 e. The highest BCUT2D eigenvalue weighted by Gasteiger charge is 2.36. The molecule has 1 aliphatic rings. The standard InChI is InChI=1S/C9H17NO/c1-3-9(2,8(10)11)6-7-4-5-7/h7H,3-6H2,1-2H3,(H2,10,11). The molecule has 1 unspecified atom stereocenters. The third kappa shape index (κ3) is 1.95. The van der Waals surface area contributed by atoms with Crippen molar-refractivity contribution in [3.8, 4) is 0 Å². The smallest absolute Gasteiger partial charge is 0.223 e. The zero-order valence-corrected chi connectivity index (χ0v) is 7.39. The van der Waals surface area contributed by atoms with Gasteiger partial charge in [-0.2, -0.15) is 0 Å². The minimum atomic E-state index is -0.235. The lowest BCUT2D eigenvalue weighted by molar-refractivity contribution is -0.127. The molecule has 0 aromatic heterocycles. The molecule has 11 heavy (non-hydrogen) atoms. The zero-order valence-electron chi connectivity index (χ0n) is 7.39. The van der Waals surface area contributed by atoms with Crippen molar-refractivity contribution >= 4 is 5.91 Å². The summed E-state index contributed by atoms with van der Waals surface area (Å²) in [5.74, 6) is 0.652. The van der Waals surface area contributed by atoms with Crippen molar-refractivity contribution in [3.63, 3.8) is 0 Å². The molecule has 0 radical (unpaired) electrons. The molecule has 1 rings (SSSR count). The van der Waals surface area contributed by atoms with Crippen LogP contribution in [0.25, 0.3) is 0 Å². The molecule has 1 fully saturated rings. The first kappa shape index (κ1) is 8.57. The van der Waals surface area contributed by atoms with E-state index in [2.05, 4.69) is 0 Å². The SMILES string of the molecule is CCC(C)(CC1CC1)C(N)=O. The van der Waals surface area contributed by atoms with Crippen molar-refractivity contribution in [3.05, 3.63) is 0 Å². The topological polar surface area (TPSA) is 43.1 Å². The van der Waals surface area contributed by atoms with E-state index in [4.69, 9.17) is 5.73 Å². The molecule has 0 aromatic rings. The Bertz CT molecular complexity index is 163. The van der Waals surface area contributed by atoms with E-state index >= 15 is 0 Å². The maximum Gasteiger partial charge on any atom is 0.223 e. The monoisotopic (exact) mass is 155 g/mol. The quantitative estimate of drug-likeness (QED) is 0.659. The number of nitrogens with two attached hydrogens (primary N) is 1. The number of carbonyl (C=O) groups excluding carboxylic acids is 1. The minimum absolute atomic E-state index is 0.132. The maximum absolute atomic E-state index is 11.0. The molecule has 1 saturated carbocycles. The van der Waals surface area contributed by atoms with Crippen LogP contribution < -0.4 is 5.73 Å². The van der Waals surface area contributed by atoms with E-state index in [0.29, 0.717) is 0 Å². The lowest BCUT2D eigenvalue weighted by atomic mass is 9.81. The average molecular weight is 155 g/mol. The Morgan fingerprint density at radius 2 is 2.18 bits per heavy atom. The van der Waals surface area contributed by atoms with Gasteiger partial charge in [-0.3, -0.25) is 4.79 Å². The molecule has 0 aliphatic heterocycles. The second kappa shape index (κ2) is 2.84. The van der Waals surface area contributed by atoms with E-state index in [1.807, 2.05) is 13.8 Å². The van der Waals surface area contributed by atoms with Gasteiger partial charge < -0.3 is 5.73 Å². The average Bonchev–Trinajstić information content (AvgIpc) is 2.71. The molecule has 2 N–H and O–H groups in total. The van der Waals surface area contributed by atoms with E-state index in [1.165, 1.54) is 12.8 Å². The summed E-state index contributed by atoms with van der Waals surface area (Å²) in [6, 6.07) is 0. The van der Waals surface area contributed by atoms with Crippen molar-refractivity contribution in [1.29, 1.82) is 0 Å². The van der Waals surface area contributed by atoms with Crippen molar-refractivity contribution in [1.82, 2.24) is 0 Å². The Hall–Kier alpha value is -0.530. The van der Waals surface area contributed by atoms with Crippen molar-refractivity contribution < 1.29 is 4.79 Å². The Morgan fingerprint density at radius 1 is 1.64 bits per heavy atom. The van der Waals surface area contributed by atoms with Crippen LogP contribution in [0.2, 0.25) is 0 Å². The second-order valence-corrected chi connectivity index (χ2v) is 3.93. The first-order valence-corrected chi connectivity index (χ1v) is 4.38. The van der Waals surface area contributed by atoms with Gasteiger partial charge >= 0.3 is 0 Å². The predicted molar refractivity (Wildman–Crippen MR) is 44.9 cm³/mol. The summed E-state index contributed by atoms with van der Waals surface area (Å²) in [5, 5.41) is 0. The fraction of sp³-hybridized carbons (Fsp3) is 0.889. The summed E-state index contributed by atoms with van der Waals surface area (Å²) in [6.45, 7) is 4.01. The van der Waals surface area contributed by atoms with E-state index in [-0.39, 0.29) is 11.3 Å². The van der Waals surface area contributed by atoms with Crippen LogP contribution in [0.1, 0.15) is 39.5 Å². The van der Waals surface area contributed by atoms with E-state index in [0.717, 1.165) is 18.8 Å². The summed E-state index contributed by atoms with van der Waals surface area (Å²) in [7, 11) is 0. The number of hydrogen-bond acceptors (Lipinski definition) is 1. The molecule has 1 amide bonds. The van der Waals surface area contributed by atoms with Gasteiger partial charge in [0.2, 0.25) is 5.91 Å². The molecule has 2 heteroatoms. The summed E-state index contributed by atoms with van der Waals surface area (Å²) in [5.41, 5.74) is 5.08. The van der Waals surface area contributed by atoms with Crippen molar-refractivity contribution in [2.75, 3.05) is 0 Å². The van der Waals surface area contributed by atoms with Gasteiger partial charge in [0.25, 0.3) is 0 Å². The van der Waals surface area contributed by atoms with Crippen molar-refractivity contribution in [2.45, 2.75) is 39.5 Å². The van der Waals surface area contributed by atoms with Gasteiger partial charge in [-0.25, -0.2) is 0 Å². The van der Waals surface area contributed by atoms with Crippen LogP contribution in [0.4, 0.5) is 0 Å². The summed E-state index contributed by atoms with van der Waals surface area (Å²) in [6.07, 6.45) is 4.46. The van der Waals surface area contributed by atoms with Gasteiger partial charge in [-0.15, -0.1) is 0 Å². The van der Waals surface area contributed by atoms with Crippen LogP contribution in [0, 0.1) is 11.3 Å². The predicted octanol–water partition coefficient (Wildman–Crippen LogP) is 1.69. The maximum atomic E-state index is 11.0. The molecule has 1 atom stereocenters. The molecule has 0 aromatic carbocycles. The first-order valence-electron chi connectivity index (χ1n) is 4.38. The Labute approximate surface area is 68.2 Å². The highest BCUT2D eigenvalue weighted by atomic mass is 16.1. The zero-order chi connectivity index (χ0) is 8.48. The Balaban J connectivity index is 2.49. The van der Waals surface area contributed by atoms with Gasteiger partial charge in [0.05, 0.1) is 0 Å². The molecule has 1 aliphatic carbocycles. The molecule has 0 heterocycles. The van der Waals surface area contributed by atoms with Crippen LogP contribution in [0.5, 0.6) is 0 Å². The first-order chi connectivity index (χ1) is 5.08. The van der Waals surface area contributed by atoms with Crippen LogP contribution >= 0.6 is 0 Å². The highest BCUT2D eigenvalue weighted by Crippen LogP contribution is 2.41. The van der Waals surface area contributed by atoms with Gasteiger partial charge in [0.1, 0.15) is 0 Å². The molecule has 0 spiro atoms. The summed E-state index contributed by atoms with van der Waals surface area (Å²) < 4.78 is 0. The number of primary amides is 1. The van der Waals surface area contributed by atoms with E-state index in [1.54, 1.807) is 0 Å².